The molecule has 110 valence electrons. The summed E-state index contributed by atoms with van der Waals surface area (Å²) >= 11 is 6.34. The van der Waals surface area contributed by atoms with E-state index < -0.39 is 6.10 Å². The van der Waals surface area contributed by atoms with Crippen LogP contribution in [0.5, 0.6) is 11.5 Å². The van der Waals surface area contributed by atoms with Crippen LogP contribution in [0.1, 0.15) is 17.2 Å². The molecular weight excluding hydrogens is 304 g/mol. The molecule has 0 radical (unpaired) electrons. The van der Waals surface area contributed by atoms with E-state index in [0.717, 1.165) is 5.56 Å². The number of aldehydes is 1. The van der Waals surface area contributed by atoms with Crippen LogP contribution in [0.25, 0.3) is 5.03 Å². The third-order valence-electron chi connectivity index (χ3n) is 3.40. The van der Waals surface area contributed by atoms with E-state index in [-0.39, 0.29) is 0 Å². The summed E-state index contributed by atoms with van der Waals surface area (Å²) in [5.74, 6) is 1.04. The summed E-state index contributed by atoms with van der Waals surface area (Å²) in [5, 5.41) is 0.384. The lowest BCUT2D eigenvalue weighted by Gasteiger charge is -2.27. The van der Waals surface area contributed by atoms with Crippen LogP contribution < -0.4 is 9.47 Å². The van der Waals surface area contributed by atoms with E-state index in [4.69, 9.17) is 21.1 Å². The normalized spacial score (nSPS) is 16.5. The zero-order valence-electron chi connectivity index (χ0n) is 11.4. The van der Waals surface area contributed by atoms with Crippen molar-refractivity contribution in [3.8, 4) is 11.5 Å². The first-order valence-corrected chi connectivity index (χ1v) is 6.93. The quantitative estimate of drug-likeness (QED) is 0.810. The summed E-state index contributed by atoms with van der Waals surface area (Å²) in [6.45, 7) is 0.357. The number of ether oxygens (including phenoxy) is 2. The second kappa shape index (κ2) is 6.03. The van der Waals surface area contributed by atoms with Crippen LogP contribution in [0.15, 0.2) is 54.1 Å². The van der Waals surface area contributed by atoms with Crippen molar-refractivity contribution >= 4 is 29.4 Å². The van der Waals surface area contributed by atoms with Gasteiger partial charge in [-0.3, -0.25) is 9.59 Å². The molecule has 2 aromatic carbocycles. The smallest absolute Gasteiger partial charge is 0.298 e. The zero-order chi connectivity index (χ0) is 15.5. The van der Waals surface area contributed by atoms with Crippen molar-refractivity contribution in [2.75, 3.05) is 0 Å². The standard InChI is InChI=1S/C17H11ClO4/c18-16-13-3-1-2-4-15(13)22-17(14(16)9-19)11-5-7-12(8-6-11)21-10-20/h1-10,17H. The van der Waals surface area contributed by atoms with Gasteiger partial charge in [0, 0.05) is 5.56 Å². The second-order valence-electron chi connectivity index (χ2n) is 4.66. The van der Waals surface area contributed by atoms with Crippen molar-refractivity contribution in [2.45, 2.75) is 6.10 Å². The Morgan fingerprint density at radius 1 is 1.05 bits per heavy atom. The van der Waals surface area contributed by atoms with Crippen molar-refractivity contribution in [2.24, 2.45) is 0 Å². The summed E-state index contributed by atoms with van der Waals surface area (Å²) in [4.78, 5) is 21.8. The number of carbonyl (C=O) groups excluding carboxylic acids is 2. The molecule has 22 heavy (non-hydrogen) atoms. The molecule has 1 aliphatic heterocycles. The van der Waals surface area contributed by atoms with Gasteiger partial charge < -0.3 is 9.47 Å². The summed E-state index contributed by atoms with van der Waals surface area (Å²) in [7, 11) is 0. The van der Waals surface area contributed by atoms with E-state index in [1.807, 2.05) is 12.1 Å². The van der Waals surface area contributed by atoms with Gasteiger partial charge >= 0.3 is 0 Å². The summed E-state index contributed by atoms with van der Waals surface area (Å²) in [6.07, 6.45) is 0.115. The molecule has 0 saturated heterocycles. The maximum atomic E-state index is 11.4. The predicted molar refractivity (Wildman–Crippen MR) is 81.8 cm³/mol. The number of para-hydroxylation sites is 1. The highest BCUT2D eigenvalue weighted by atomic mass is 35.5. The molecule has 0 saturated carbocycles. The number of benzene rings is 2. The molecule has 1 unspecified atom stereocenters. The Labute approximate surface area is 131 Å². The molecule has 0 aliphatic carbocycles. The fourth-order valence-corrected chi connectivity index (χ4v) is 2.65. The number of rotatable bonds is 4. The molecule has 3 rings (SSSR count). The minimum absolute atomic E-state index is 0.357. The van der Waals surface area contributed by atoms with Crippen LogP contribution in [0.4, 0.5) is 0 Å². The van der Waals surface area contributed by atoms with Gasteiger partial charge in [0.05, 0.1) is 10.6 Å². The van der Waals surface area contributed by atoms with E-state index in [0.29, 0.717) is 40.4 Å². The monoisotopic (exact) mass is 314 g/mol. The van der Waals surface area contributed by atoms with Crippen molar-refractivity contribution < 1.29 is 19.1 Å². The molecule has 1 atom stereocenters. The SMILES string of the molecule is O=COc1ccc(C2Oc3ccccc3C(Cl)=C2C=O)cc1. The third kappa shape index (κ3) is 2.49. The molecule has 0 N–H and O–H groups in total. The molecule has 1 aliphatic rings. The third-order valence-corrected chi connectivity index (χ3v) is 3.82. The van der Waals surface area contributed by atoms with Gasteiger partial charge in [0.15, 0.2) is 12.4 Å². The first kappa shape index (κ1) is 14.4. The van der Waals surface area contributed by atoms with Crippen molar-refractivity contribution in [3.05, 3.63) is 65.2 Å². The highest BCUT2D eigenvalue weighted by Gasteiger charge is 2.28. The van der Waals surface area contributed by atoms with Gasteiger partial charge in [0.1, 0.15) is 11.5 Å². The highest BCUT2D eigenvalue weighted by Crippen LogP contribution is 2.43. The Bertz CT molecular complexity index is 750. The Morgan fingerprint density at radius 2 is 1.77 bits per heavy atom. The van der Waals surface area contributed by atoms with E-state index in [2.05, 4.69) is 0 Å². The lowest BCUT2D eigenvalue weighted by Crippen LogP contribution is -2.17. The van der Waals surface area contributed by atoms with E-state index in [9.17, 15) is 9.59 Å². The fraction of sp³-hybridized carbons (Fsp3) is 0.0588. The van der Waals surface area contributed by atoms with Gasteiger partial charge in [-0.2, -0.15) is 0 Å². The van der Waals surface area contributed by atoms with Crippen LogP contribution >= 0.6 is 11.6 Å². The lowest BCUT2D eigenvalue weighted by atomic mass is 9.96. The molecule has 0 spiro atoms. The topological polar surface area (TPSA) is 52.6 Å². The van der Waals surface area contributed by atoms with Crippen molar-refractivity contribution in [1.82, 2.24) is 0 Å². The molecule has 0 amide bonds. The number of hydrogen-bond donors (Lipinski definition) is 0. The predicted octanol–water partition coefficient (Wildman–Crippen LogP) is 3.50. The van der Waals surface area contributed by atoms with Gasteiger partial charge in [0.2, 0.25) is 0 Å². The van der Waals surface area contributed by atoms with Crippen LogP contribution in [0.3, 0.4) is 0 Å². The number of fused-ring (bicyclic) bond motifs is 1. The first-order valence-electron chi connectivity index (χ1n) is 6.55. The van der Waals surface area contributed by atoms with E-state index in [1.54, 1.807) is 36.4 Å². The minimum Gasteiger partial charge on any atom is -0.480 e. The molecule has 2 aromatic rings. The molecule has 0 fully saturated rings. The summed E-state index contributed by atoms with van der Waals surface area (Å²) in [5.41, 5.74) is 1.81. The molecule has 1 heterocycles. The van der Waals surface area contributed by atoms with Crippen molar-refractivity contribution in [3.63, 3.8) is 0 Å². The average Bonchev–Trinajstić information content (AvgIpc) is 2.56. The van der Waals surface area contributed by atoms with Crippen molar-refractivity contribution in [1.29, 1.82) is 0 Å². The van der Waals surface area contributed by atoms with E-state index >= 15 is 0 Å². The average molecular weight is 315 g/mol. The molecule has 0 aromatic heterocycles. The zero-order valence-corrected chi connectivity index (χ0v) is 12.1. The summed E-state index contributed by atoms with van der Waals surface area (Å²) < 4.78 is 10.7. The molecule has 4 nitrogen and oxygen atoms in total. The Morgan fingerprint density at radius 3 is 2.45 bits per heavy atom. The summed E-state index contributed by atoms with van der Waals surface area (Å²) in [6, 6.07) is 14.0. The minimum atomic E-state index is -0.592. The fourth-order valence-electron chi connectivity index (χ4n) is 2.35. The number of hydrogen-bond acceptors (Lipinski definition) is 4. The van der Waals surface area contributed by atoms with E-state index in [1.165, 1.54) is 0 Å². The number of carbonyl (C=O) groups is 2. The Balaban J connectivity index is 2.02. The van der Waals surface area contributed by atoms with Crippen LogP contribution in [0, 0.1) is 0 Å². The first-order chi connectivity index (χ1) is 10.7. The van der Waals surface area contributed by atoms with Gasteiger partial charge in [-0.1, -0.05) is 35.9 Å². The lowest BCUT2D eigenvalue weighted by molar-refractivity contribution is -0.120. The highest BCUT2D eigenvalue weighted by molar-refractivity contribution is 6.51. The van der Waals surface area contributed by atoms with Gasteiger partial charge in [0.25, 0.3) is 6.47 Å². The molecular formula is C17H11ClO4. The Hall–Kier alpha value is -2.59. The van der Waals surface area contributed by atoms with Crippen LogP contribution in [-0.4, -0.2) is 12.8 Å². The van der Waals surface area contributed by atoms with Gasteiger partial charge in [-0.15, -0.1) is 0 Å². The van der Waals surface area contributed by atoms with Crippen LogP contribution in [0.2, 0.25) is 0 Å². The molecule has 5 heteroatoms. The largest absolute Gasteiger partial charge is 0.480 e. The van der Waals surface area contributed by atoms with Gasteiger partial charge in [-0.25, -0.2) is 0 Å². The maximum Gasteiger partial charge on any atom is 0.298 e. The molecule has 0 bridgehead atoms. The number of halogens is 1. The Kier molecular flexibility index (Phi) is 3.94. The van der Waals surface area contributed by atoms with Crippen LogP contribution in [-0.2, 0) is 9.59 Å². The maximum absolute atomic E-state index is 11.4. The second-order valence-corrected chi connectivity index (χ2v) is 5.04. The van der Waals surface area contributed by atoms with Gasteiger partial charge in [-0.05, 0) is 29.8 Å².